The predicted octanol–water partition coefficient (Wildman–Crippen LogP) is 9.00. The monoisotopic (exact) mass is 462 g/mol. The van der Waals surface area contributed by atoms with Gasteiger partial charge < -0.3 is 14.6 Å². The third-order valence-corrected chi connectivity index (χ3v) is 6.76. The molecule has 0 saturated heterocycles. The lowest BCUT2D eigenvalue weighted by molar-refractivity contribution is -0.316. The molecule has 1 aromatic carbocycles. The summed E-state index contributed by atoms with van der Waals surface area (Å²) in [5.74, 6) is -0.783. The standard InChI is InChI=1S/C30H54O3/c1-5-9-12-13-14-18-24-28(21-8-4)30(32-25-19-10-6-2,33-26-20-11-7-3)29(31)27-22-16-15-17-23-27/h15-17,22-23,28-29,31H,5-14,18-21,24-26H2,1-4H3. The van der Waals surface area contributed by atoms with Crippen LogP contribution in [-0.4, -0.2) is 24.1 Å². The van der Waals surface area contributed by atoms with Crippen molar-refractivity contribution >= 4 is 0 Å². The van der Waals surface area contributed by atoms with Crippen LogP contribution in [0, 0.1) is 5.92 Å². The number of unbranched alkanes of at least 4 members (excludes halogenated alkanes) is 9. The minimum atomic E-state index is -0.970. The highest BCUT2D eigenvalue weighted by atomic mass is 16.7. The van der Waals surface area contributed by atoms with Crippen LogP contribution in [0.2, 0.25) is 0 Å². The fourth-order valence-electron chi connectivity index (χ4n) is 4.76. The zero-order chi connectivity index (χ0) is 24.2. The van der Waals surface area contributed by atoms with Gasteiger partial charge in [-0.2, -0.15) is 0 Å². The van der Waals surface area contributed by atoms with E-state index in [0.717, 1.165) is 63.4 Å². The number of hydrogen-bond donors (Lipinski definition) is 1. The summed E-state index contributed by atoms with van der Waals surface area (Å²) in [6.07, 6.45) is 16.6. The molecule has 0 aliphatic heterocycles. The molecule has 2 unspecified atom stereocenters. The summed E-state index contributed by atoms with van der Waals surface area (Å²) in [4.78, 5) is 0. The van der Waals surface area contributed by atoms with Crippen LogP contribution >= 0.6 is 0 Å². The molecule has 0 radical (unpaired) electrons. The van der Waals surface area contributed by atoms with Crippen LogP contribution in [0.1, 0.15) is 136 Å². The first-order valence-corrected chi connectivity index (χ1v) is 14.2. The number of ether oxygens (including phenoxy) is 2. The Labute approximate surface area is 205 Å². The normalized spacial score (nSPS) is 13.8. The fourth-order valence-corrected chi connectivity index (χ4v) is 4.76. The number of rotatable bonds is 22. The van der Waals surface area contributed by atoms with E-state index in [1.165, 1.54) is 38.5 Å². The average molecular weight is 463 g/mol. The van der Waals surface area contributed by atoms with Crippen molar-refractivity contribution in [3.8, 4) is 0 Å². The molecule has 3 heteroatoms. The largest absolute Gasteiger partial charge is 0.383 e. The molecule has 192 valence electrons. The van der Waals surface area contributed by atoms with Crippen molar-refractivity contribution in [2.24, 2.45) is 5.92 Å². The number of hydrogen-bond acceptors (Lipinski definition) is 3. The van der Waals surface area contributed by atoms with Crippen LogP contribution in [0.15, 0.2) is 30.3 Å². The second-order valence-electron chi connectivity index (χ2n) is 9.69. The number of benzene rings is 1. The lowest BCUT2D eigenvalue weighted by Crippen LogP contribution is -2.49. The van der Waals surface area contributed by atoms with Gasteiger partial charge in [-0.3, -0.25) is 0 Å². The molecular formula is C30H54O3. The molecule has 33 heavy (non-hydrogen) atoms. The predicted molar refractivity (Wildman–Crippen MR) is 141 cm³/mol. The van der Waals surface area contributed by atoms with Gasteiger partial charge in [0.1, 0.15) is 6.10 Å². The maximum atomic E-state index is 11.8. The van der Waals surface area contributed by atoms with Gasteiger partial charge in [0.05, 0.1) is 13.2 Å². The van der Waals surface area contributed by atoms with Gasteiger partial charge in [0.2, 0.25) is 5.79 Å². The molecule has 0 aromatic heterocycles. The highest BCUT2D eigenvalue weighted by Gasteiger charge is 2.47. The SMILES string of the molecule is CCCCCCCCC(CCC)C(OCCCCC)(OCCCCC)C(O)c1ccccc1. The molecule has 0 aliphatic rings. The van der Waals surface area contributed by atoms with Crippen LogP contribution in [0.3, 0.4) is 0 Å². The average Bonchev–Trinajstić information content (AvgIpc) is 2.85. The smallest absolute Gasteiger partial charge is 0.201 e. The van der Waals surface area contributed by atoms with E-state index in [0.29, 0.717) is 13.2 Å². The van der Waals surface area contributed by atoms with E-state index in [1.54, 1.807) is 0 Å². The zero-order valence-electron chi connectivity index (χ0n) is 22.3. The van der Waals surface area contributed by atoms with E-state index in [-0.39, 0.29) is 5.92 Å². The number of aliphatic hydroxyl groups excluding tert-OH is 1. The molecule has 0 amide bonds. The Balaban J connectivity index is 3.12. The van der Waals surface area contributed by atoms with E-state index in [2.05, 4.69) is 27.7 Å². The third-order valence-electron chi connectivity index (χ3n) is 6.76. The summed E-state index contributed by atoms with van der Waals surface area (Å²) < 4.78 is 13.3. The van der Waals surface area contributed by atoms with Gasteiger partial charge in [-0.05, 0) is 31.2 Å². The Morgan fingerprint density at radius 2 is 1.15 bits per heavy atom. The zero-order valence-corrected chi connectivity index (χ0v) is 22.3. The van der Waals surface area contributed by atoms with Crippen LogP contribution in [0.25, 0.3) is 0 Å². The maximum Gasteiger partial charge on any atom is 0.201 e. The summed E-state index contributed by atoms with van der Waals surface area (Å²) in [5.41, 5.74) is 0.896. The molecule has 0 heterocycles. The second kappa shape index (κ2) is 19.4. The molecule has 1 rings (SSSR count). The number of aliphatic hydroxyl groups is 1. The van der Waals surface area contributed by atoms with Gasteiger partial charge in [0.25, 0.3) is 0 Å². The van der Waals surface area contributed by atoms with E-state index in [4.69, 9.17) is 9.47 Å². The van der Waals surface area contributed by atoms with Crippen molar-refractivity contribution in [2.45, 2.75) is 136 Å². The maximum absolute atomic E-state index is 11.8. The molecule has 0 aliphatic carbocycles. The first kappa shape index (κ1) is 30.1. The van der Waals surface area contributed by atoms with Crippen LogP contribution < -0.4 is 0 Å². The van der Waals surface area contributed by atoms with Crippen molar-refractivity contribution < 1.29 is 14.6 Å². The molecule has 0 spiro atoms. The molecule has 1 aromatic rings. The Morgan fingerprint density at radius 1 is 0.636 bits per heavy atom. The van der Waals surface area contributed by atoms with E-state index in [1.807, 2.05) is 30.3 Å². The third kappa shape index (κ3) is 11.4. The summed E-state index contributed by atoms with van der Waals surface area (Å²) in [5, 5.41) is 11.8. The first-order valence-electron chi connectivity index (χ1n) is 14.2. The Kier molecular flexibility index (Phi) is 17.7. The first-order chi connectivity index (χ1) is 16.2. The van der Waals surface area contributed by atoms with E-state index in [9.17, 15) is 5.11 Å². The lowest BCUT2D eigenvalue weighted by Gasteiger charge is -2.44. The minimum Gasteiger partial charge on any atom is -0.383 e. The van der Waals surface area contributed by atoms with Crippen LogP contribution in [-0.2, 0) is 9.47 Å². The van der Waals surface area contributed by atoms with E-state index >= 15 is 0 Å². The Hall–Kier alpha value is -0.900. The molecule has 1 N–H and O–H groups in total. The summed E-state index contributed by atoms with van der Waals surface area (Å²) >= 11 is 0. The van der Waals surface area contributed by atoms with Gasteiger partial charge in [-0.25, -0.2) is 0 Å². The Bertz CT molecular complexity index is 533. The quantitative estimate of drug-likeness (QED) is 0.138. The van der Waals surface area contributed by atoms with Crippen molar-refractivity contribution in [3.63, 3.8) is 0 Å². The fraction of sp³-hybridized carbons (Fsp3) is 0.800. The van der Waals surface area contributed by atoms with Crippen molar-refractivity contribution in [1.82, 2.24) is 0 Å². The molecule has 2 atom stereocenters. The lowest BCUT2D eigenvalue weighted by atomic mass is 9.82. The Morgan fingerprint density at radius 3 is 1.70 bits per heavy atom. The highest BCUT2D eigenvalue weighted by Crippen LogP contribution is 2.42. The summed E-state index contributed by atoms with van der Waals surface area (Å²) in [7, 11) is 0. The van der Waals surface area contributed by atoms with Gasteiger partial charge in [-0.15, -0.1) is 0 Å². The van der Waals surface area contributed by atoms with Crippen molar-refractivity contribution in [2.75, 3.05) is 13.2 Å². The van der Waals surface area contributed by atoms with Crippen LogP contribution in [0.4, 0.5) is 0 Å². The van der Waals surface area contributed by atoms with Gasteiger partial charge >= 0.3 is 0 Å². The van der Waals surface area contributed by atoms with Crippen LogP contribution in [0.5, 0.6) is 0 Å². The minimum absolute atomic E-state index is 0.187. The second-order valence-corrected chi connectivity index (χ2v) is 9.69. The van der Waals surface area contributed by atoms with Crippen molar-refractivity contribution in [1.29, 1.82) is 0 Å². The molecule has 0 saturated carbocycles. The van der Waals surface area contributed by atoms with E-state index < -0.39 is 11.9 Å². The summed E-state index contributed by atoms with van der Waals surface area (Å²) in [6.45, 7) is 10.2. The topological polar surface area (TPSA) is 38.7 Å². The van der Waals surface area contributed by atoms with Gasteiger partial charge in [0, 0.05) is 5.92 Å². The van der Waals surface area contributed by atoms with Crippen molar-refractivity contribution in [3.05, 3.63) is 35.9 Å². The summed E-state index contributed by atoms with van der Waals surface area (Å²) in [6, 6.07) is 10.0. The highest BCUT2D eigenvalue weighted by molar-refractivity contribution is 5.20. The molecule has 0 fully saturated rings. The van der Waals surface area contributed by atoms with Gasteiger partial charge in [-0.1, -0.05) is 129 Å². The molecule has 0 bridgehead atoms. The molecular weight excluding hydrogens is 408 g/mol. The van der Waals surface area contributed by atoms with Gasteiger partial charge in [0.15, 0.2) is 0 Å². The molecule has 3 nitrogen and oxygen atoms in total.